The van der Waals surface area contributed by atoms with Crippen molar-refractivity contribution in [1.82, 2.24) is 19.7 Å². The van der Waals surface area contributed by atoms with Crippen molar-refractivity contribution in [2.75, 3.05) is 0 Å². The van der Waals surface area contributed by atoms with Crippen LogP contribution >= 0.6 is 0 Å². The molecule has 2 aromatic heterocycles. The van der Waals surface area contributed by atoms with Crippen LogP contribution in [0, 0.1) is 12.7 Å². The number of aryl methyl sites for hydroxylation is 1. The molecule has 5 nitrogen and oxygen atoms in total. The minimum Gasteiger partial charge on any atom is -0.437 e. The first-order chi connectivity index (χ1) is 13.9. The van der Waals surface area contributed by atoms with Gasteiger partial charge in [0.2, 0.25) is 5.88 Å². The molecule has 0 fully saturated rings. The lowest BCUT2D eigenvalue weighted by molar-refractivity contribution is 0.458. The zero-order valence-electron chi connectivity index (χ0n) is 16.5. The van der Waals surface area contributed by atoms with Gasteiger partial charge in [0.1, 0.15) is 5.75 Å². The molecule has 6 heteroatoms. The molecule has 0 aliphatic carbocycles. The largest absolute Gasteiger partial charge is 0.437 e. The Morgan fingerprint density at radius 2 is 1.55 bits per heavy atom. The third-order valence-electron chi connectivity index (χ3n) is 4.96. The maximum atomic E-state index is 13.2. The Kier molecular flexibility index (Phi) is 4.84. The van der Waals surface area contributed by atoms with Crippen LogP contribution in [0.5, 0.6) is 11.6 Å². The topological polar surface area (TPSA) is 52.8 Å². The highest BCUT2D eigenvalue weighted by molar-refractivity contribution is 5.41. The minimum absolute atomic E-state index is 0.129. The van der Waals surface area contributed by atoms with Crippen molar-refractivity contribution in [3.05, 3.63) is 95.8 Å². The molecule has 0 saturated carbocycles. The molecule has 0 aliphatic rings. The van der Waals surface area contributed by atoms with E-state index in [9.17, 15) is 4.39 Å². The van der Waals surface area contributed by atoms with Crippen LogP contribution in [0.2, 0.25) is 0 Å². The molecule has 4 aromatic rings. The molecule has 146 valence electrons. The molecule has 0 radical (unpaired) electrons. The van der Waals surface area contributed by atoms with Crippen LogP contribution in [0.3, 0.4) is 0 Å². The number of rotatable bonds is 5. The Labute approximate surface area is 168 Å². The molecule has 0 amide bonds. The lowest BCUT2D eigenvalue weighted by Crippen LogP contribution is -2.18. The normalized spacial score (nSPS) is 11.4. The molecule has 0 aliphatic heterocycles. The standard InChI is InChI=1S/C23H21FN4O/c1-16-4-6-17(7-5-16)23(2,3)18-8-10-20(11-9-18)29-22-14-25-13-21(27-22)28-15-19(24)12-26-28/h4-15H,1-3H3. The molecule has 0 saturated heterocycles. The van der Waals surface area contributed by atoms with Crippen molar-refractivity contribution in [3.63, 3.8) is 0 Å². The summed E-state index contributed by atoms with van der Waals surface area (Å²) in [5.74, 6) is 0.893. The summed E-state index contributed by atoms with van der Waals surface area (Å²) in [6.45, 7) is 6.49. The van der Waals surface area contributed by atoms with Crippen molar-refractivity contribution in [2.24, 2.45) is 0 Å². The van der Waals surface area contributed by atoms with Gasteiger partial charge in [0, 0.05) is 5.41 Å². The third kappa shape index (κ3) is 4.01. The fourth-order valence-corrected chi connectivity index (χ4v) is 3.12. The van der Waals surface area contributed by atoms with Gasteiger partial charge in [-0.1, -0.05) is 55.8 Å². The number of hydrogen-bond acceptors (Lipinski definition) is 4. The van der Waals surface area contributed by atoms with E-state index in [-0.39, 0.29) is 5.41 Å². The van der Waals surface area contributed by atoms with Crippen LogP contribution in [0.15, 0.2) is 73.3 Å². The fraction of sp³-hybridized carbons (Fsp3) is 0.174. The van der Waals surface area contributed by atoms with Crippen LogP contribution in [0.4, 0.5) is 4.39 Å². The number of hydrogen-bond donors (Lipinski definition) is 0. The Morgan fingerprint density at radius 1 is 0.897 bits per heavy atom. The van der Waals surface area contributed by atoms with Gasteiger partial charge in [0.15, 0.2) is 11.6 Å². The van der Waals surface area contributed by atoms with E-state index >= 15 is 0 Å². The molecule has 2 aromatic carbocycles. The molecule has 0 bridgehead atoms. The Balaban J connectivity index is 1.53. The van der Waals surface area contributed by atoms with Crippen molar-refractivity contribution >= 4 is 0 Å². The molecule has 0 atom stereocenters. The van der Waals surface area contributed by atoms with E-state index in [0.717, 1.165) is 6.20 Å². The molecule has 0 N–H and O–H groups in total. The van der Waals surface area contributed by atoms with Crippen LogP contribution in [-0.4, -0.2) is 19.7 Å². The first-order valence-electron chi connectivity index (χ1n) is 9.30. The van der Waals surface area contributed by atoms with Crippen LogP contribution in [0.25, 0.3) is 5.82 Å². The van der Waals surface area contributed by atoms with Crippen LogP contribution < -0.4 is 4.74 Å². The molecule has 0 spiro atoms. The zero-order chi connectivity index (χ0) is 20.4. The van der Waals surface area contributed by atoms with E-state index in [1.807, 2.05) is 12.1 Å². The van der Waals surface area contributed by atoms with E-state index in [1.54, 1.807) is 0 Å². The first-order valence-corrected chi connectivity index (χ1v) is 9.30. The molecule has 29 heavy (non-hydrogen) atoms. The van der Waals surface area contributed by atoms with E-state index in [0.29, 0.717) is 17.4 Å². The van der Waals surface area contributed by atoms with Gasteiger partial charge in [0.05, 0.1) is 24.8 Å². The SMILES string of the molecule is Cc1ccc(C(C)(C)c2ccc(Oc3cncc(-n4cc(F)cn4)n3)cc2)cc1. The summed E-state index contributed by atoms with van der Waals surface area (Å²) in [6, 6.07) is 16.5. The summed E-state index contributed by atoms with van der Waals surface area (Å²) in [7, 11) is 0. The van der Waals surface area contributed by atoms with Crippen LogP contribution in [0.1, 0.15) is 30.5 Å². The number of nitrogens with zero attached hydrogens (tertiary/aromatic N) is 4. The number of halogens is 1. The van der Waals surface area contributed by atoms with Gasteiger partial charge >= 0.3 is 0 Å². The molecular formula is C23H21FN4O. The highest BCUT2D eigenvalue weighted by atomic mass is 19.1. The van der Waals surface area contributed by atoms with E-state index in [2.05, 4.69) is 72.2 Å². The highest BCUT2D eigenvalue weighted by Crippen LogP contribution is 2.33. The Morgan fingerprint density at radius 3 is 2.17 bits per heavy atom. The zero-order valence-corrected chi connectivity index (χ0v) is 16.5. The second-order valence-corrected chi connectivity index (χ2v) is 7.44. The monoisotopic (exact) mass is 388 g/mol. The van der Waals surface area contributed by atoms with Crippen molar-refractivity contribution < 1.29 is 9.13 Å². The highest BCUT2D eigenvalue weighted by Gasteiger charge is 2.23. The lowest BCUT2D eigenvalue weighted by Gasteiger charge is -2.26. The Bertz CT molecular complexity index is 1120. The smallest absolute Gasteiger partial charge is 0.239 e. The fourth-order valence-electron chi connectivity index (χ4n) is 3.12. The van der Waals surface area contributed by atoms with E-state index < -0.39 is 5.82 Å². The Hall–Kier alpha value is -3.54. The average molecular weight is 388 g/mol. The molecule has 2 heterocycles. The summed E-state index contributed by atoms with van der Waals surface area (Å²) >= 11 is 0. The van der Waals surface area contributed by atoms with Crippen molar-refractivity contribution in [3.8, 4) is 17.4 Å². The van der Waals surface area contributed by atoms with Crippen molar-refractivity contribution in [1.29, 1.82) is 0 Å². The van der Waals surface area contributed by atoms with Crippen LogP contribution in [-0.2, 0) is 5.41 Å². The maximum Gasteiger partial charge on any atom is 0.239 e. The van der Waals surface area contributed by atoms with Gasteiger partial charge in [0.25, 0.3) is 0 Å². The van der Waals surface area contributed by atoms with Gasteiger partial charge in [-0.2, -0.15) is 10.1 Å². The average Bonchev–Trinajstić information content (AvgIpc) is 3.15. The van der Waals surface area contributed by atoms with Crippen molar-refractivity contribution in [2.45, 2.75) is 26.2 Å². The lowest BCUT2D eigenvalue weighted by atomic mass is 9.78. The summed E-state index contributed by atoms with van der Waals surface area (Å²) in [5.41, 5.74) is 3.55. The number of aromatic nitrogens is 4. The second kappa shape index (κ2) is 7.47. The second-order valence-electron chi connectivity index (χ2n) is 7.44. The van der Waals surface area contributed by atoms with Gasteiger partial charge in [-0.3, -0.25) is 4.98 Å². The predicted octanol–water partition coefficient (Wildman–Crippen LogP) is 5.23. The molecular weight excluding hydrogens is 367 g/mol. The molecule has 4 rings (SSSR count). The van der Waals surface area contributed by atoms with E-state index in [1.165, 1.54) is 40.0 Å². The number of benzene rings is 2. The van der Waals surface area contributed by atoms with E-state index in [4.69, 9.17) is 4.74 Å². The molecule has 0 unspecified atom stereocenters. The predicted molar refractivity (Wildman–Crippen MR) is 109 cm³/mol. The van der Waals surface area contributed by atoms with Gasteiger partial charge in [-0.25, -0.2) is 9.07 Å². The number of ether oxygens (including phenoxy) is 1. The van der Waals surface area contributed by atoms with Gasteiger partial charge in [-0.15, -0.1) is 0 Å². The summed E-state index contributed by atoms with van der Waals surface area (Å²) < 4.78 is 20.3. The summed E-state index contributed by atoms with van der Waals surface area (Å²) in [5, 5.41) is 3.89. The summed E-state index contributed by atoms with van der Waals surface area (Å²) in [6.07, 6.45) is 5.35. The van der Waals surface area contributed by atoms with Gasteiger partial charge < -0.3 is 4.74 Å². The summed E-state index contributed by atoms with van der Waals surface area (Å²) in [4.78, 5) is 8.43. The van der Waals surface area contributed by atoms with Gasteiger partial charge in [-0.05, 0) is 30.2 Å². The minimum atomic E-state index is -0.440. The first kappa shape index (κ1) is 18.8. The maximum absolute atomic E-state index is 13.2. The quantitative estimate of drug-likeness (QED) is 0.470. The third-order valence-corrected chi connectivity index (χ3v) is 4.96.